The lowest BCUT2D eigenvalue weighted by atomic mass is 10.1. The molecule has 132 valence electrons. The highest BCUT2D eigenvalue weighted by Crippen LogP contribution is 2.19. The lowest BCUT2D eigenvalue weighted by Gasteiger charge is -2.13. The van der Waals surface area contributed by atoms with Gasteiger partial charge in [-0.2, -0.15) is 5.10 Å². The summed E-state index contributed by atoms with van der Waals surface area (Å²) < 4.78 is 33.1. The predicted octanol–water partition coefficient (Wildman–Crippen LogP) is 2.18. The molecular formula is C17H17F2N3O3. The third-order valence-electron chi connectivity index (χ3n) is 4.10. The fourth-order valence-electron chi connectivity index (χ4n) is 2.78. The van der Waals surface area contributed by atoms with Crippen LogP contribution in [0.15, 0.2) is 30.6 Å². The molecule has 0 aliphatic carbocycles. The number of halogens is 2. The number of likely N-dealkylation sites (tertiary alicyclic amines) is 1. The van der Waals surface area contributed by atoms with Gasteiger partial charge in [-0.05, 0) is 19.1 Å². The van der Waals surface area contributed by atoms with Crippen molar-refractivity contribution in [2.75, 3.05) is 19.7 Å². The average molecular weight is 349 g/mol. The monoisotopic (exact) mass is 349 g/mol. The minimum atomic E-state index is -0.785. The first-order valence-electron chi connectivity index (χ1n) is 7.93. The minimum Gasteiger partial charge on any atom is -0.462 e. The second-order valence-corrected chi connectivity index (χ2v) is 5.87. The van der Waals surface area contributed by atoms with E-state index in [1.165, 1.54) is 18.5 Å². The van der Waals surface area contributed by atoms with Gasteiger partial charge >= 0.3 is 5.97 Å². The Labute approximate surface area is 143 Å². The Bertz CT molecular complexity index is 806. The molecule has 3 rings (SSSR count). The molecule has 1 saturated heterocycles. The molecule has 0 bridgehead atoms. The highest BCUT2D eigenvalue weighted by molar-refractivity contribution is 5.89. The molecule has 0 saturated carbocycles. The van der Waals surface area contributed by atoms with E-state index in [1.54, 1.807) is 4.90 Å². The number of hydrogen-bond donors (Lipinski definition) is 0. The molecule has 1 aromatic heterocycles. The highest BCUT2D eigenvalue weighted by Gasteiger charge is 2.29. The standard InChI is InChI=1S/C17H17F2N3O3/c1-2-21-8-11(5-16(21)23)10-25-17(24)12-7-20-22(9-12)15-4-3-13(18)6-14(15)19/h3-4,6-7,9,11H,2,5,8,10H2,1H3/t11-/m0/s1. The number of carbonyl (C=O) groups is 2. The number of nitrogens with zero attached hydrogens (tertiary/aromatic N) is 3. The first-order valence-corrected chi connectivity index (χ1v) is 7.93. The number of hydrogen-bond acceptors (Lipinski definition) is 4. The summed E-state index contributed by atoms with van der Waals surface area (Å²) >= 11 is 0. The summed E-state index contributed by atoms with van der Waals surface area (Å²) in [5.74, 6) is -2.05. The van der Waals surface area contributed by atoms with Crippen LogP contribution in [0.4, 0.5) is 8.78 Å². The van der Waals surface area contributed by atoms with Crippen LogP contribution in [0.2, 0.25) is 0 Å². The summed E-state index contributed by atoms with van der Waals surface area (Å²) in [6, 6.07) is 3.08. The van der Waals surface area contributed by atoms with E-state index >= 15 is 0 Å². The molecule has 1 atom stereocenters. The highest BCUT2D eigenvalue weighted by atomic mass is 19.1. The van der Waals surface area contributed by atoms with Crippen molar-refractivity contribution >= 4 is 11.9 Å². The molecule has 1 aromatic carbocycles. The Morgan fingerprint density at radius 3 is 2.88 bits per heavy atom. The zero-order chi connectivity index (χ0) is 18.0. The van der Waals surface area contributed by atoms with Crippen molar-refractivity contribution in [2.24, 2.45) is 5.92 Å². The van der Waals surface area contributed by atoms with Crippen molar-refractivity contribution < 1.29 is 23.1 Å². The first kappa shape index (κ1) is 17.1. The topological polar surface area (TPSA) is 64.4 Å². The molecule has 25 heavy (non-hydrogen) atoms. The van der Waals surface area contributed by atoms with Crippen LogP contribution in [0.25, 0.3) is 5.69 Å². The maximum absolute atomic E-state index is 13.8. The fraction of sp³-hybridized carbons (Fsp3) is 0.353. The second-order valence-electron chi connectivity index (χ2n) is 5.87. The fourth-order valence-corrected chi connectivity index (χ4v) is 2.78. The number of amides is 1. The van der Waals surface area contributed by atoms with Crippen LogP contribution in [-0.4, -0.2) is 46.3 Å². The number of aromatic nitrogens is 2. The number of ether oxygens (including phenoxy) is 1. The molecule has 1 amide bonds. The number of rotatable bonds is 5. The van der Waals surface area contributed by atoms with Crippen LogP contribution in [0.3, 0.4) is 0 Å². The van der Waals surface area contributed by atoms with Gasteiger partial charge in [0.15, 0.2) is 5.82 Å². The summed E-state index contributed by atoms with van der Waals surface area (Å²) in [6.07, 6.45) is 2.93. The Morgan fingerprint density at radius 2 is 2.20 bits per heavy atom. The minimum absolute atomic E-state index is 0.0269. The quantitative estimate of drug-likeness (QED) is 0.776. The lowest BCUT2D eigenvalue weighted by molar-refractivity contribution is -0.127. The van der Waals surface area contributed by atoms with Crippen LogP contribution in [0.1, 0.15) is 23.7 Å². The van der Waals surface area contributed by atoms with Gasteiger partial charge in [0.1, 0.15) is 11.5 Å². The van der Waals surface area contributed by atoms with Gasteiger partial charge in [0.2, 0.25) is 5.91 Å². The van der Waals surface area contributed by atoms with Gasteiger partial charge < -0.3 is 9.64 Å². The molecule has 1 aliphatic rings. The molecule has 1 aliphatic heterocycles. The van der Waals surface area contributed by atoms with E-state index in [0.717, 1.165) is 16.8 Å². The maximum Gasteiger partial charge on any atom is 0.341 e. The molecule has 2 heterocycles. The zero-order valence-electron chi connectivity index (χ0n) is 13.6. The average Bonchev–Trinajstić information content (AvgIpc) is 3.19. The van der Waals surface area contributed by atoms with Crippen molar-refractivity contribution in [3.8, 4) is 5.69 Å². The van der Waals surface area contributed by atoms with E-state index in [1.807, 2.05) is 6.92 Å². The predicted molar refractivity (Wildman–Crippen MR) is 84.1 cm³/mol. The van der Waals surface area contributed by atoms with Gasteiger partial charge in [-0.15, -0.1) is 0 Å². The summed E-state index contributed by atoms with van der Waals surface area (Å²) in [5, 5.41) is 3.91. The molecule has 1 fully saturated rings. The SMILES string of the molecule is CCN1C[C@@H](COC(=O)c2cnn(-c3ccc(F)cc3F)c2)CC1=O. The third-order valence-corrected chi connectivity index (χ3v) is 4.10. The second kappa shape index (κ2) is 7.00. The van der Waals surface area contributed by atoms with E-state index in [0.29, 0.717) is 19.5 Å². The molecular weight excluding hydrogens is 332 g/mol. The van der Waals surface area contributed by atoms with E-state index in [4.69, 9.17) is 4.74 Å². The molecule has 2 aromatic rings. The molecule has 0 spiro atoms. The Kier molecular flexibility index (Phi) is 4.78. The van der Waals surface area contributed by atoms with E-state index in [2.05, 4.69) is 5.10 Å². The van der Waals surface area contributed by atoms with Crippen LogP contribution in [0, 0.1) is 17.6 Å². The van der Waals surface area contributed by atoms with Gasteiger partial charge in [-0.1, -0.05) is 0 Å². The van der Waals surface area contributed by atoms with E-state index < -0.39 is 17.6 Å². The molecule has 0 N–H and O–H groups in total. The Hall–Kier alpha value is -2.77. The van der Waals surface area contributed by atoms with Gasteiger partial charge in [0.05, 0.1) is 18.4 Å². The summed E-state index contributed by atoms with van der Waals surface area (Å²) in [5.41, 5.74) is 0.181. The van der Waals surface area contributed by atoms with Crippen LogP contribution < -0.4 is 0 Å². The van der Waals surface area contributed by atoms with Gasteiger partial charge in [-0.3, -0.25) is 4.79 Å². The lowest BCUT2D eigenvalue weighted by Crippen LogP contribution is -2.25. The normalized spacial score (nSPS) is 17.2. The number of carbonyl (C=O) groups excluding carboxylic acids is 2. The van der Waals surface area contributed by atoms with Crippen LogP contribution >= 0.6 is 0 Å². The first-order chi connectivity index (χ1) is 12.0. The van der Waals surface area contributed by atoms with Gasteiger partial charge in [-0.25, -0.2) is 18.3 Å². The van der Waals surface area contributed by atoms with E-state index in [-0.39, 0.29) is 29.7 Å². The smallest absolute Gasteiger partial charge is 0.341 e. The Balaban J connectivity index is 1.62. The maximum atomic E-state index is 13.8. The molecule has 0 unspecified atom stereocenters. The number of benzene rings is 1. The van der Waals surface area contributed by atoms with Crippen molar-refractivity contribution in [3.63, 3.8) is 0 Å². The van der Waals surface area contributed by atoms with Crippen molar-refractivity contribution in [3.05, 3.63) is 47.8 Å². The Morgan fingerprint density at radius 1 is 1.40 bits per heavy atom. The molecule has 8 heteroatoms. The van der Waals surface area contributed by atoms with Crippen molar-refractivity contribution in [2.45, 2.75) is 13.3 Å². The zero-order valence-corrected chi connectivity index (χ0v) is 13.6. The van der Waals surface area contributed by atoms with E-state index in [9.17, 15) is 18.4 Å². The largest absolute Gasteiger partial charge is 0.462 e. The van der Waals surface area contributed by atoms with Gasteiger partial charge in [0, 0.05) is 37.7 Å². The number of esters is 1. The molecule has 0 radical (unpaired) electrons. The van der Waals surface area contributed by atoms with Crippen molar-refractivity contribution in [1.29, 1.82) is 0 Å². The third kappa shape index (κ3) is 3.67. The summed E-state index contributed by atoms with van der Waals surface area (Å²) in [7, 11) is 0. The summed E-state index contributed by atoms with van der Waals surface area (Å²) in [6.45, 7) is 3.24. The van der Waals surface area contributed by atoms with Crippen molar-refractivity contribution in [1.82, 2.24) is 14.7 Å². The van der Waals surface area contributed by atoms with Gasteiger partial charge in [0.25, 0.3) is 0 Å². The molecule has 6 nitrogen and oxygen atoms in total. The van der Waals surface area contributed by atoms with Crippen LogP contribution in [-0.2, 0) is 9.53 Å². The van der Waals surface area contributed by atoms with Crippen LogP contribution in [0.5, 0.6) is 0 Å². The summed E-state index contributed by atoms with van der Waals surface area (Å²) in [4.78, 5) is 25.5.